The lowest BCUT2D eigenvalue weighted by atomic mass is 9.82. The Labute approximate surface area is 169 Å². The first kappa shape index (κ1) is 18.0. The molecule has 2 fully saturated rings. The molecule has 5 nitrogen and oxygen atoms in total. The van der Waals surface area contributed by atoms with E-state index in [9.17, 15) is 0 Å². The molecule has 0 spiro atoms. The van der Waals surface area contributed by atoms with Gasteiger partial charge in [-0.05, 0) is 31.2 Å². The third-order valence-electron chi connectivity index (χ3n) is 5.94. The number of ether oxygens (including phenoxy) is 2. The van der Waals surface area contributed by atoms with Gasteiger partial charge in [-0.15, -0.1) is 11.3 Å². The minimum atomic E-state index is 0.401. The van der Waals surface area contributed by atoms with Crippen LogP contribution in [0.15, 0.2) is 35.7 Å². The van der Waals surface area contributed by atoms with Crippen molar-refractivity contribution in [2.45, 2.75) is 44.4 Å². The number of hydrogen-bond donors (Lipinski definition) is 1. The Morgan fingerprint density at radius 3 is 2.93 bits per heavy atom. The van der Waals surface area contributed by atoms with E-state index in [1.165, 1.54) is 30.4 Å². The second-order valence-corrected chi connectivity index (χ2v) is 8.52. The molecule has 3 unspecified atom stereocenters. The molecule has 0 amide bonds. The fourth-order valence-corrected chi connectivity index (χ4v) is 5.61. The third-order valence-corrected chi connectivity index (χ3v) is 6.81. The summed E-state index contributed by atoms with van der Waals surface area (Å²) in [6.45, 7) is 1.30. The first-order chi connectivity index (χ1) is 13.8. The zero-order chi connectivity index (χ0) is 18.9. The maximum absolute atomic E-state index is 5.96. The fraction of sp³-hybridized carbons (Fsp3) is 0.455. The van der Waals surface area contributed by atoms with E-state index in [1.807, 2.05) is 6.07 Å². The van der Waals surface area contributed by atoms with Gasteiger partial charge in [0.25, 0.3) is 0 Å². The molecule has 1 aliphatic heterocycles. The summed E-state index contributed by atoms with van der Waals surface area (Å²) in [5.74, 6) is 2.24. The largest absolute Gasteiger partial charge is 0.378 e. The molecule has 0 bridgehead atoms. The molecular formula is C22H25N3O2S. The highest BCUT2D eigenvalue weighted by Crippen LogP contribution is 2.40. The van der Waals surface area contributed by atoms with Crippen LogP contribution in [0.3, 0.4) is 0 Å². The Kier molecular flexibility index (Phi) is 5.01. The molecule has 2 aliphatic rings. The highest BCUT2D eigenvalue weighted by molar-refractivity contribution is 7.17. The predicted molar refractivity (Wildman–Crippen MR) is 113 cm³/mol. The highest BCUT2D eigenvalue weighted by atomic mass is 32.1. The molecule has 146 valence electrons. The lowest BCUT2D eigenvalue weighted by Gasteiger charge is -2.33. The summed E-state index contributed by atoms with van der Waals surface area (Å²) in [5.41, 5.74) is 2.40. The van der Waals surface area contributed by atoms with Gasteiger partial charge in [0.15, 0.2) is 5.82 Å². The normalized spacial score (nSPS) is 24.4. The Morgan fingerprint density at radius 2 is 2.07 bits per heavy atom. The summed E-state index contributed by atoms with van der Waals surface area (Å²) < 4.78 is 11.3. The van der Waals surface area contributed by atoms with Crippen LogP contribution < -0.4 is 5.32 Å². The van der Waals surface area contributed by atoms with Crippen molar-refractivity contribution in [3.05, 3.63) is 41.5 Å². The van der Waals surface area contributed by atoms with Gasteiger partial charge < -0.3 is 14.8 Å². The van der Waals surface area contributed by atoms with Crippen LogP contribution in [-0.2, 0) is 16.1 Å². The molecule has 6 heteroatoms. The van der Waals surface area contributed by atoms with Crippen molar-refractivity contribution in [3.63, 3.8) is 0 Å². The van der Waals surface area contributed by atoms with E-state index >= 15 is 0 Å². The van der Waals surface area contributed by atoms with Gasteiger partial charge in [-0.1, -0.05) is 30.3 Å². The Balaban J connectivity index is 1.58. The molecule has 1 N–H and O–H groups in total. The van der Waals surface area contributed by atoms with Gasteiger partial charge in [0.05, 0.1) is 11.5 Å². The van der Waals surface area contributed by atoms with Crippen LogP contribution in [0, 0.1) is 5.92 Å². The highest BCUT2D eigenvalue weighted by Gasteiger charge is 2.38. The Hall–Kier alpha value is -2.02. The number of methoxy groups -OCH3 is 1. The first-order valence-electron chi connectivity index (χ1n) is 10.0. The number of thiophene rings is 1. The summed E-state index contributed by atoms with van der Waals surface area (Å²) in [7, 11) is 1.69. The van der Waals surface area contributed by atoms with Crippen LogP contribution in [0.2, 0.25) is 0 Å². The van der Waals surface area contributed by atoms with Gasteiger partial charge in [0, 0.05) is 36.6 Å². The minimum Gasteiger partial charge on any atom is -0.378 e. The van der Waals surface area contributed by atoms with E-state index in [0.717, 1.165) is 34.9 Å². The van der Waals surface area contributed by atoms with Crippen LogP contribution in [0.5, 0.6) is 0 Å². The minimum absolute atomic E-state index is 0.401. The number of anilines is 1. The second kappa shape index (κ2) is 7.78. The number of nitrogens with one attached hydrogen (secondary N) is 1. The number of hydrogen-bond acceptors (Lipinski definition) is 6. The molecule has 1 saturated carbocycles. The fourth-order valence-electron chi connectivity index (χ4n) is 4.64. The van der Waals surface area contributed by atoms with Crippen molar-refractivity contribution in [1.29, 1.82) is 0 Å². The van der Waals surface area contributed by atoms with Gasteiger partial charge >= 0.3 is 0 Å². The summed E-state index contributed by atoms with van der Waals surface area (Å²) in [4.78, 5) is 10.6. The van der Waals surface area contributed by atoms with Crippen LogP contribution in [-0.4, -0.2) is 35.8 Å². The van der Waals surface area contributed by atoms with E-state index in [0.29, 0.717) is 24.7 Å². The van der Waals surface area contributed by atoms with Crippen molar-refractivity contribution in [2.75, 3.05) is 19.0 Å². The van der Waals surface area contributed by atoms with E-state index < -0.39 is 0 Å². The van der Waals surface area contributed by atoms with Gasteiger partial charge in [0.1, 0.15) is 17.3 Å². The monoisotopic (exact) mass is 395 g/mol. The quantitative estimate of drug-likeness (QED) is 0.668. The number of benzene rings is 1. The van der Waals surface area contributed by atoms with Gasteiger partial charge in [-0.2, -0.15) is 0 Å². The first-order valence-corrected chi connectivity index (χ1v) is 10.9. The van der Waals surface area contributed by atoms with E-state index in [2.05, 4.69) is 35.0 Å². The maximum Gasteiger partial charge on any atom is 0.158 e. The zero-order valence-electron chi connectivity index (χ0n) is 16.1. The molecule has 3 aromatic rings. The molecule has 28 heavy (non-hydrogen) atoms. The Bertz CT molecular complexity index is 959. The molecule has 3 heterocycles. The summed E-state index contributed by atoms with van der Waals surface area (Å²) in [6.07, 6.45) is 5.09. The molecule has 2 aromatic heterocycles. The van der Waals surface area contributed by atoms with Crippen molar-refractivity contribution in [1.82, 2.24) is 9.97 Å². The van der Waals surface area contributed by atoms with E-state index in [4.69, 9.17) is 19.4 Å². The lowest BCUT2D eigenvalue weighted by molar-refractivity contribution is 0.0620. The summed E-state index contributed by atoms with van der Waals surface area (Å²) >= 11 is 1.67. The molecule has 5 rings (SSSR count). The van der Waals surface area contributed by atoms with E-state index in [-0.39, 0.29) is 0 Å². The van der Waals surface area contributed by atoms with Gasteiger partial charge in [0.2, 0.25) is 0 Å². The molecule has 0 radical (unpaired) electrons. The van der Waals surface area contributed by atoms with Crippen molar-refractivity contribution in [3.8, 4) is 11.1 Å². The third kappa shape index (κ3) is 3.30. The maximum atomic E-state index is 5.96. The molecular weight excluding hydrogens is 370 g/mol. The molecule has 1 saturated heterocycles. The zero-order valence-corrected chi connectivity index (χ0v) is 16.9. The standard InChI is InChI=1S/C22H25N3O2S/c1-26-12-19-24-21(23-17-8-5-9-18-15(17)10-11-27-18)20-16(13-28-22(20)25-19)14-6-3-2-4-7-14/h2-4,6-7,13,15,17-18H,5,8-12H2,1H3,(H,23,24,25). The second-order valence-electron chi connectivity index (χ2n) is 7.66. The van der Waals surface area contributed by atoms with Crippen LogP contribution >= 0.6 is 11.3 Å². The van der Waals surface area contributed by atoms with Gasteiger partial charge in [-0.25, -0.2) is 9.97 Å². The summed E-state index contributed by atoms with van der Waals surface area (Å²) in [6, 6.07) is 10.9. The average molecular weight is 396 g/mol. The number of rotatable bonds is 5. The topological polar surface area (TPSA) is 56.3 Å². The van der Waals surface area contributed by atoms with Crippen molar-refractivity contribution >= 4 is 27.4 Å². The smallest absolute Gasteiger partial charge is 0.158 e. The molecule has 3 atom stereocenters. The Morgan fingerprint density at radius 1 is 1.18 bits per heavy atom. The lowest BCUT2D eigenvalue weighted by Crippen LogP contribution is -2.38. The number of fused-ring (bicyclic) bond motifs is 2. The van der Waals surface area contributed by atoms with Crippen LogP contribution in [0.4, 0.5) is 5.82 Å². The van der Waals surface area contributed by atoms with Crippen molar-refractivity contribution < 1.29 is 9.47 Å². The number of nitrogens with zero attached hydrogens (tertiary/aromatic N) is 2. The molecule has 1 aliphatic carbocycles. The van der Waals surface area contributed by atoms with Crippen LogP contribution in [0.25, 0.3) is 21.3 Å². The van der Waals surface area contributed by atoms with Gasteiger partial charge in [-0.3, -0.25) is 0 Å². The van der Waals surface area contributed by atoms with Crippen molar-refractivity contribution in [2.24, 2.45) is 5.92 Å². The average Bonchev–Trinajstić information content (AvgIpc) is 3.36. The molecule has 1 aromatic carbocycles. The number of aromatic nitrogens is 2. The van der Waals surface area contributed by atoms with E-state index in [1.54, 1.807) is 18.4 Å². The summed E-state index contributed by atoms with van der Waals surface area (Å²) in [5, 5.41) is 7.13. The SMILES string of the molecule is COCc1nc(NC2CCCC3OCCC23)c2c(-c3ccccc3)csc2n1. The predicted octanol–water partition coefficient (Wildman–Crippen LogP) is 4.87. The van der Waals surface area contributed by atoms with Crippen LogP contribution in [0.1, 0.15) is 31.5 Å².